The summed E-state index contributed by atoms with van der Waals surface area (Å²) in [5, 5.41) is 3.47. The molecule has 0 radical (unpaired) electrons. The number of methoxy groups -OCH3 is 1. The molecule has 4 heterocycles. The van der Waals surface area contributed by atoms with Crippen molar-refractivity contribution >= 4 is 11.7 Å². The van der Waals surface area contributed by atoms with Crippen LogP contribution in [0.5, 0.6) is 0 Å². The van der Waals surface area contributed by atoms with Crippen molar-refractivity contribution in [3.05, 3.63) is 28.2 Å². The van der Waals surface area contributed by atoms with Crippen LogP contribution in [0, 0.1) is 5.92 Å². The number of pyridine rings is 1. The predicted octanol–water partition coefficient (Wildman–Crippen LogP) is 0.697. The Labute approximate surface area is 135 Å². The van der Waals surface area contributed by atoms with E-state index in [1.807, 2.05) is 9.47 Å². The summed E-state index contributed by atoms with van der Waals surface area (Å²) in [5.74, 6) is 0.744. The first-order chi connectivity index (χ1) is 11.2. The standard InChI is InChI=1S/C17H23N3O3/c1-23-17(22)14-3-2-4-19(14)13-6-15-12-5-11(8-18-9-12)10-20(15)16(21)7-13/h6-7,11-12,14,18H,2-5,8-10H2,1H3/t11?,12-,14+/m1/s1. The van der Waals surface area contributed by atoms with Gasteiger partial charge in [0, 0.05) is 43.0 Å². The maximum atomic E-state index is 12.6. The lowest BCUT2D eigenvalue weighted by molar-refractivity contribution is -0.141. The van der Waals surface area contributed by atoms with E-state index in [9.17, 15) is 9.59 Å². The number of aromatic nitrogens is 1. The van der Waals surface area contributed by atoms with Gasteiger partial charge in [0.2, 0.25) is 0 Å². The zero-order chi connectivity index (χ0) is 16.0. The first kappa shape index (κ1) is 14.8. The van der Waals surface area contributed by atoms with E-state index in [-0.39, 0.29) is 17.6 Å². The Bertz CT molecular complexity index is 684. The van der Waals surface area contributed by atoms with Gasteiger partial charge in [-0.1, -0.05) is 0 Å². The van der Waals surface area contributed by atoms with Crippen molar-refractivity contribution in [1.82, 2.24) is 9.88 Å². The molecule has 3 atom stereocenters. The number of hydrogen-bond acceptors (Lipinski definition) is 5. The number of nitrogens with one attached hydrogen (secondary N) is 1. The SMILES string of the molecule is COC(=O)[C@@H]1CCCN1c1cc2n(c(=O)c1)CC1CNC[C@H]2C1. The maximum Gasteiger partial charge on any atom is 0.328 e. The Morgan fingerprint density at radius 3 is 3.04 bits per heavy atom. The van der Waals surface area contributed by atoms with Gasteiger partial charge >= 0.3 is 5.97 Å². The number of carbonyl (C=O) groups excluding carboxylic acids is 1. The lowest BCUT2D eigenvalue weighted by Crippen LogP contribution is -2.45. The molecule has 1 unspecified atom stereocenters. The van der Waals surface area contributed by atoms with Crippen LogP contribution in [-0.2, 0) is 16.1 Å². The van der Waals surface area contributed by atoms with Crippen LogP contribution in [0.1, 0.15) is 30.9 Å². The van der Waals surface area contributed by atoms with E-state index in [0.717, 1.165) is 56.8 Å². The molecular weight excluding hydrogens is 294 g/mol. The van der Waals surface area contributed by atoms with Crippen molar-refractivity contribution in [2.24, 2.45) is 5.92 Å². The van der Waals surface area contributed by atoms with Crippen molar-refractivity contribution in [3.63, 3.8) is 0 Å². The van der Waals surface area contributed by atoms with Crippen LogP contribution in [0.4, 0.5) is 5.69 Å². The summed E-state index contributed by atoms with van der Waals surface area (Å²) in [6.07, 6.45) is 2.89. The van der Waals surface area contributed by atoms with E-state index in [0.29, 0.717) is 11.8 Å². The summed E-state index contributed by atoms with van der Waals surface area (Å²) < 4.78 is 6.86. The van der Waals surface area contributed by atoms with Gasteiger partial charge in [-0.05, 0) is 37.8 Å². The third-order valence-corrected chi connectivity index (χ3v) is 5.50. The van der Waals surface area contributed by atoms with Crippen LogP contribution in [0.25, 0.3) is 0 Å². The number of nitrogens with zero attached hydrogens (tertiary/aromatic N) is 2. The van der Waals surface area contributed by atoms with Crippen molar-refractivity contribution in [2.75, 3.05) is 31.6 Å². The Hall–Kier alpha value is -1.82. The lowest BCUT2D eigenvalue weighted by atomic mass is 9.84. The van der Waals surface area contributed by atoms with Gasteiger partial charge in [-0.2, -0.15) is 0 Å². The van der Waals surface area contributed by atoms with Gasteiger partial charge in [-0.3, -0.25) is 4.79 Å². The molecule has 23 heavy (non-hydrogen) atoms. The summed E-state index contributed by atoms with van der Waals surface area (Å²) in [6.45, 7) is 3.53. The van der Waals surface area contributed by atoms with Gasteiger partial charge in [-0.25, -0.2) is 4.79 Å². The van der Waals surface area contributed by atoms with Gasteiger partial charge < -0.3 is 19.5 Å². The van der Waals surface area contributed by atoms with Crippen LogP contribution < -0.4 is 15.8 Å². The number of piperidine rings is 1. The summed E-state index contributed by atoms with van der Waals surface area (Å²) in [7, 11) is 1.43. The first-order valence-corrected chi connectivity index (χ1v) is 8.47. The van der Waals surface area contributed by atoms with Gasteiger partial charge in [-0.15, -0.1) is 0 Å². The largest absolute Gasteiger partial charge is 0.467 e. The fraction of sp³-hybridized carbons (Fsp3) is 0.647. The number of esters is 1. The zero-order valence-corrected chi connectivity index (χ0v) is 13.5. The summed E-state index contributed by atoms with van der Waals surface area (Å²) in [5.41, 5.74) is 2.05. The zero-order valence-electron chi connectivity index (χ0n) is 13.5. The van der Waals surface area contributed by atoms with Crippen molar-refractivity contribution in [3.8, 4) is 0 Å². The Balaban J connectivity index is 1.72. The molecule has 4 rings (SSSR count). The maximum absolute atomic E-state index is 12.6. The first-order valence-electron chi connectivity index (χ1n) is 8.47. The fourth-order valence-corrected chi connectivity index (χ4v) is 4.41. The molecule has 124 valence electrons. The molecule has 3 aliphatic heterocycles. The van der Waals surface area contributed by atoms with Crippen molar-refractivity contribution < 1.29 is 9.53 Å². The topological polar surface area (TPSA) is 63.6 Å². The smallest absolute Gasteiger partial charge is 0.328 e. The molecule has 6 nitrogen and oxygen atoms in total. The molecule has 6 heteroatoms. The Morgan fingerprint density at radius 1 is 1.35 bits per heavy atom. The summed E-state index contributed by atoms with van der Waals surface area (Å²) in [4.78, 5) is 26.6. The molecule has 2 fully saturated rings. The third-order valence-electron chi connectivity index (χ3n) is 5.50. The Morgan fingerprint density at radius 2 is 2.22 bits per heavy atom. The molecule has 0 saturated carbocycles. The molecule has 2 saturated heterocycles. The number of fused-ring (bicyclic) bond motifs is 4. The average Bonchev–Trinajstić information content (AvgIpc) is 3.05. The quantitative estimate of drug-likeness (QED) is 0.814. The van der Waals surface area contributed by atoms with E-state index >= 15 is 0 Å². The number of hydrogen-bond donors (Lipinski definition) is 1. The molecule has 0 aromatic carbocycles. The van der Waals surface area contributed by atoms with Gasteiger partial charge in [0.05, 0.1) is 7.11 Å². The molecule has 0 amide bonds. The van der Waals surface area contributed by atoms with E-state index in [4.69, 9.17) is 4.74 Å². The van der Waals surface area contributed by atoms with E-state index in [2.05, 4.69) is 11.4 Å². The third kappa shape index (κ3) is 2.45. The second-order valence-electron chi connectivity index (χ2n) is 6.92. The molecule has 0 spiro atoms. The van der Waals surface area contributed by atoms with Gasteiger partial charge in [0.15, 0.2) is 0 Å². The molecule has 0 aliphatic carbocycles. The average molecular weight is 317 g/mol. The second kappa shape index (κ2) is 5.67. The van der Waals surface area contributed by atoms with Crippen molar-refractivity contribution in [1.29, 1.82) is 0 Å². The summed E-state index contributed by atoms with van der Waals surface area (Å²) in [6, 6.07) is 3.55. The number of anilines is 1. The van der Waals surface area contributed by atoms with Crippen LogP contribution in [0.3, 0.4) is 0 Å². The van der Waals surface area contributed by atoms with Crippen LogP contribution in [0.15, 0.2) is 16.9 Å². The number of carbonyl (C=O) groups is 1. The van der Waals surface area contributed by atoms with Crippen LogP contribution in [-0.4, -0.2) is 43.3 Å². The minimum Gasteiger partial charge on any atom is -0.467 e. The predicted molar refractivity (Wildman–Crippen MR) is 86.8 cm³/mol. The van der Waals surface area contributed by atoms with E-state index < -0.39 is 0 Å². The molecular formula is C17H23N3O3. The Kier molecular flexibility index (Phi) is 3.64. The van der Waals surface area contributed by atoms with Crippen molar-refractivity contribution in [2.45, 2.75) is 37.8 Å². The van der Waals surface area contributed by atoms with Crippen LogP contribution >= 0.6 is 0 Å². The lowest BCUT2D eigenvalue weighted by Gasteiger charge is -2.38. The minimum atomic E-state index is -0.261. The summed E-state index contributed by atoms with van der Waals surface area (Å²) >= 11 is 0. The fourth-order valence-electron chi connectivity index (χ4n) is 4.41. The number of ether oxygens (including phenoxy) is 1. The second-order valence-corrected chi connectivity index (χ2v) is 6.92. The number of rotatable bonds is 2. The van der Waals surface area contributed by atoms with E-state index in [1.165, 1.54) is 7.11 Å². The molecule has 2 bridgehead atoms. The minimum absolute atomic E-state index is 0.0598. The van der Waals surface area contributed by atoms with Gasteiger partial charge in [0.25, 0.3) is 5.56 Å². The van der Waals surface area contributed by atoms with Gasteiger partial charge in [0.1, 0.15) is 6.04 Å². The normalized spacial score (nSPS) is 29.3. The molecule has 3 aliphatic rings. The highest BCUT2D eigenvalue weighted by Crippen LogP contribution is 2.34. The van der Waals surface area contributed by atoms with E-state index in [1.54, 1.807) is 6.07 Å². The van der Waals surface area contributed by atoms with Crippen LogP contribution in [0.2, 0.25) is 0 Å². The molecule has 1 aromatic heterocycles. The highest BCUT2D eigenvalue weighted by Gasteiger charge is 2.35. The molecule has 1 aromatic rings. The monoisotopic (exact) mass is 317 g/mol. The molecule has 1 N–H and O–H groups in total. The highest BCUT2D eigenvalue weighted by atomic mass is 16.5. The highest BCUT2D eigenvalue weighted by molar-refractivity contribution is 5.80.